The summed E-state index contributed by atoms with van der Waals surface area (Å²) in [6.45, 7) is 2.62. The standard InChI is InChI=1S/C16H23ClO3/c1-2-3-4-5-6-7-12-19-16(18)13-20-15-10-8-14(17)9-11-15/h8-11H,2-7,12-13H2,1H3. The van der Waals surface area contributed by atoms with Crippen molar-refractivity contribution in [1.82, 2.24) is 0 Å². The predicted octanol–water partition coefficient (Wildman–Crippen LogP) is 4.62. The molecule has 0 aliphatic rings. The zero-order valence-corrected chi connectivity index (χ0v) is 12.8. The molecule has 0 aromatic heterocycles. The highest BCUT2D eigenvalue weighted by Gasteiger charge is 2.04. The summed E-state index contributed by atoms with van der Waals surface area (Å²) < 4.78 is 10.4. The van der Waals surface area contributed by atoms with Crippen LogP contribution in [0.2, 0.25) is 5.02 Å². The van der Waals surface area contributed by atoms with Gasteiger partial charge in [0.05, 0.1) is 6.61 Å². The molecule has 3 nitrogen and oxygen atoms in total. The summed E-state index contributed by atoms with van der Waals surface area (Å²) in [7, 11) is 0. The Kier molecular flexibility index (Phi) is 8.88. The number of esters is 1. The maximum Gasteiger partial charge on any atom is 0.344 e. The summed E-state index contributed by atoms with van der Waals surface area (Å²) in [5, 5.41) is 0.642. The number of hydrogen-bond acceptors (Lipinski definition) is 3. The molecule has 20 heavy (non-hydrogen) atoms. The number of ether oxygens (including phenoxy) is 2. The quantitative estimate of drug-likeness (QED) is 0.467. The summed E-state index contributed by atoms with van der Waals surface area (Å²) in [4.78, 5) is 11.4. The Bertz CT molecular complexity index is 376. The second-order valence-electron chi connectivity index (χ2n) is 4.73. The molecule has 0 unspecified atom stereocenters. The number of rotatable bonds is 10. The van der Waals surface area contributed by atoms with Crippen LogP contribution in [0.25, 0.3) is 0 Å². The summed E-state index contributed by atoms with van der Waals surface area (Å²) in [5.74, 6) is 0.291. The normalized spacial score (nSPS) is 10.3. The lowest BCUT2D eigenvalue weighted by molar-refractivity contribution is -0.146. The van der Waals surface area contributed by atoms with E-state index in [0.717, 1.165) is 12.8 Å². The van der Waals surface area contributed by atoms with Gasteiger partial charge in [-0.1, -0.05) is 50.6 Å². The second kappa shape index (κ2) is 10.6. The highest BCUT2D eigenvalue weighted by Crippen LogP contribution is 2.15. The van der Waals surface area contributed by atoms with E-state index in [-0.39, 0.29) is 12.6 Å². The van der Waals surface area contributed by atoms with Gasteiger partial charge in [-0.25, -0.2) is 4.79 Å². The highest BCUT2D eigenvalue weighted by atomic mass is 35.5. The van der Waals surface area contributed by atoms with Crippen molar-refractivity contribution in [1.29, 1.82) is 0 Å². The summed E-state index contributed by atoms with van der Waals surface area (Å²) in [6, 6.07) is 6.89. The van der Waals surface area contributed by atoms with Crippen LogP contribution in [0.15, 0.2) is 24.3 Å². The topological polar surface area (TPSA) is 35.5 Å². The molecule has 0 saturated carbocycles. The number of unbranched alkanes of at least 4 members (excludes halogenated alkanes) is 5. The van der Waals surface area contributed by atoms with Gasteiger partial charge in [-0.2, -0.15) is 0 Å². The third-order valence-electron chi connectivity index (χ3n) is 2.93. The van der Waals surface area contributed by atoms with Gasteiger partial charge >= 0.3 is 5.97 Å². The molecule has 0 spiro atoms. The Hall–Kier alpha value is -1.22. The van der Waals surface area contributed by atoms with Crippen LogP contribution in [0.3, 0.4) is 0 Å². The molecule has 0 heterocycles. The van der Waals surface area contributed by atoms with Crippen molar-refractivity contribution in [3.8, 4) is 5.75 Å². The molecule has 0 saturated heterocycles. The molecule has 0 atom stereocenters. The van der Waals surface area contributed by atoms with Gasteiger partial charge in [0.25, 0.3) is 0 Å². The molecule has 0 amide bonds. The third-order valence-corrected chi connectivity index (χ3v) is 3.18. The number of halogens is 1. The van der Waals surface area contributed by atoms with Crippen molar-refractivity contribution in [2.24, 2.45) is 0 Å². The number of carbonyl (C=O) groups excluding carboxylic acids is 1. The van der Waals surface area contributed by atoms with E-state index in [2.05, 4.69) is 6.92 Å². The molecule has 0 bridgehead atoms. The number of benzene rings is 1. The molecular formula is C16H23ClO3. The van der Waals surface area contributed by atoms with Crippen LogP contribution in [-0.4, -0.2) is 19.2 Å². The van der Waals surface area contributed by atoms with Crippen molar-refractivity contribution in [2.45, 2.75) is 45.4 Å². The molecule has 0 radical (unpaired) electrons. The van der Waals surface area contributed by atoms with Crippen molar-refractivity contribution in [2.75, 3.05) is 13.2 Å². The van der Waals surface area contributed by atoms with Crippen molar-refractivity contribution >= 4 is 17.6 Å². The molecule has 0 aliphatic carbocycles. The Morgan fingerprint density at radius 3 is 2.40 bits per heavy atom. The van der Waals surface area contributed by atoms with E-state index in [1.807, 2.05) is 0 Å². The number of hydrogen-bond donors (Lipinski definition) is 0. The first kappa shape index (κ1) is 16.8. The van der Waals surface area contributed by atoms with Gasteiger partial charge in [0, 0.05) is 5.02 Å². The maximum absolute atomic E-state index is 11.4. The lowest BCUT2D eigenvalue weighted by Gasteiger charge is -2.07. The zero-order chi connectivity index (χ0) is 14.6. The lowest BCUT2D eigenvalue weighted by atomic mass is 10.1. The average molecular weight is 299 g/mol. The first-order valence-electron chi connectivity index (χ1n) is 7.26. The van der Waals surface area contributed by atoms with E-state index in [4.69, 9.17) is 21.1 Å². The van der Waals surface area contributed by atoms with Gasteiger partial charge in [0.1, 0.15) is 5.75 Å². The maximum atomic E-state index is 11.4. The Morgan fingerprint density at radius 1 is 1.05 bits per heavy atom. The lowest BCUT2D eigenvalue weighted by Crippen LogP contribution is -2.15. The summed E-state index contributed by atoms with van der Waals surface area (Å²) in [6.07, 6.45) is 7.06. The van der Waals surface area contributed by atoms with Crippen LogP contribution >= 0.6 is 11.6 Å². The van der Waals surface area contributed by atoms with E-state index in [1.54, 1.807) is 24.3 Å². The zero-order valence-electron chi connectivity index (χ0n) is 12.1. The van der Waals surface area contributed by atoms with Crippen LogP contribution in [0.1, 0.15) is 45.4 Å². The number of carbonyl (C=O) groups is 1. The fourth-order valence-corrected chi connectivity index (χ4v) is 1.91. The minimum absolute atomic E-state index is 0.0581. The molecule has 1 aromatic rings. The molecule has 1 rings (SSSR count). The van der Waals surface area contributed by atoms with Crippen molar-refractivity contribution in [3.63, 3.8) is 0 Å². The van der Waals surface area contributed by atoms with Crippen LogP contribution in [0, 0.1) is 0 Å². The fourth-order valence-electron chi connectivity index (χ4n) is 1.78. The summed E-state index contributed by atoms with van der Waals surface area (Å²) in [5.41, 5.74) is 0. The second-order valence-corrected chi connectivity index (χ2v) is 5.17. The molecule has 112 valence electrons. The Balaban J connectivity index is 2.01. The molecule has 0 aliphatic heterocycles. The third kappa shape index (κ3) is 8.05. The Morgan fingerprint density at radius 2 is 1.70 bits per heavy atom. The minimum atomic E-state index is -0.325. The Labute approximate surface area is 126 Å². The van der Waals surface area contributed by atoms with Gasteiger partial charge < -0.3 is 9.47 Å². The molecular weight excluding hydrogens is 276 g/mol. The SMILES string of the molecule is CCCCCCCCOC(=O)COc1ccc(Cl)cc1. The van der Waals surface area contributed by atoms with E-state index in [0.29, 0.717) is 17.4 Å². The smallest absolute Gasteiger partial charge is 0.344 e. The van der Waals surface area contributed by atoms with Gasteiger partial charge in [0.2, 0.25) is 0 Å². The fraction of sp³-hybridized carbons (Fsp3) is 0.562. The van der Waals surface area contributed by atoms with Crippen LogP contribution in [0.5, 0.6) is 5.75 Å². The van der Waals surface area contributed by atoms with E-state index in [1.165, 1.54) is 25.7 Å². The van der Waals surface area contributed by atoms with Gasteiger partial charge in [-0.15, -0.1) is 0 Å². The molecule has 4 heteroatoms. The summed E-state index contributed by atoms with van der Waals surface area (Å²) >= 11 is 5.76. The molecule has 1 aromatic carbocycles. The molecule has 0 fully saturated rings. The van der Waals surface area contributed by atoms with E-state index in [9.17, 15) is 4.79 Å². The first-order valence-corrected chi connectivity index (χ1v) is 7.64. The van der Waals surface area contributed by atoms with Crippen molar-refractivity contribution < 1.29 is 14.3 Å². The highest BCUT2D eigenvalue weighted by molar-refractivity contribution is 6.30. The monoisotopic (exact) mass is 298 g/mol. The predicted molar refractivity (Wildman–Crippen MR) is 81.3 cm³/mol. The van der Waals surface area contributed by atoms with Gasteiger partial charge in [0.15, 0.2) is 6.61 Å². The van der Waals surface area contributed by atoms with Crippen LogP contribution in [0.4, 0.5) is 0 Å². The van der Waals surface area contributed by atoms with Gasteiger partial charge in [-0.3, -0.25) is 0 Å². The largest absolute Gasteiger partial charge is 0.482 e. The van der Waals surface area contributed by atoms with Crippen LogP contribution in [-0.2, 0) is 9.53 Å². The van der Waals surface area contributed by atoms with Crippen LogP contribution < -0.4 is 4.74 Å². The van der Waals surface area contributed by atoms with E-state index >= 15 is 0 Å². The minimum Gasteiger partial charge on any atom is -0.482 e. The average Bonchev–Trinajstić information content (AvgIpc) is 2.46. The first-order chi connectivity index (χ1) is 9.72. The van der Waals surface area contributed by atoms with Crippen molar-refractivity contribution in [3.05, 3.63) is 29.3 Å². The van der Waals surface area contributed by atoms with Gasteiger partial charge in [-0.05, 0) is 30.7 Å². The molecule has 0 N–H and O–H groups in total. The van der Waals surface area contributed by atoms with E-state index < -0.39 is 0 Å².